The summed E-state index contributed by atoms with van der Waals surface area (Å²) in [6.07, 6.45) is -0.0655. The number of methoxy groups -OCH3 is 1. The second-order valence-corrected chi connectivity index (χ2v) is 6.31. The van der Waals surface area contributed by atoms with Crippen molar-refractivity contribution in [3.8, 4) is 5.75 Å². The summed E-state index contributed by atoms with van der Waals surface area (Å²) in [7, 11) is -1.96. The maximum Gasteiger partial charge on any atom is 0.303 e. The number of benzene rings is 1. The van der Waals surface area contributed by atoms with Gasteiger partial charge < -0.3 is 9.84 Å². The van der Waals surface area contributed by atoms with E-state index in [0.29, 0.717) is 5.75 Å². The van der Waals surface area contributed by atoms with Crippen LogP contribution >= 0.6 is 0 Å². The molecule has 0 aromatic heterocycles. The lowest BCUT2D eigenvalue weighted by Crippen LogP contribution is -2.29. The molecule has 1 rings (SSSR count). The fourth-order valence-corrected chi connectivity index (χ4v) is 3.04. The number of rotatable bonds is 8. The molecule has 0 aliphatic rings. The smallest absolute Gasteiger partial charge is 0.303 e. The molecule has 0 aliphatic heterocycles. The molecule has 0 saturated carbocycles. The van der Waals surface area contributed by atoms with Gasteiger partial charge in [-0.1, -0.05) is 12.1 Å². The molecule has 0 radical (unpaired) electrons. The molecule has 0 fully saturated rings. The van der Waals surface area contributed by atoms with Gasteiger partial charge in [-0.25, -0.2) is 13.1 Å². The zero-order chi connectivity index (χ0) is 15.2. The second-order valence-electron chi connectivity index (χ2n) is 4.43. The molecule has 1 aromatic carbocycles. The van der Waals surface area contributed by atoms with Crippen molar-refractivity contribution in [3.05, 3.63) is 29.8 Å². The molecule has 112 valence electrons. The molecule has 6 nitrogen and oxygen atoms in total. The third-order valence-electron chi connectivity index (χ3n) is 2.75. The molecule has 20 heavy (non-hydrogen) atoms. The molecule has 0 heterocycles. The average molecular weight is 301 g/mol. The lowest BCUT2D eigenvalue weighted by Gasteiger charge is -2.15. The molecular formula is C13H19NO5S. The van der Waals surface area contributed by atoms with E-state index in [-0.39, 0.29) is 18.6 Å². The molecule has 0 spiro atoms. The van der Waals surface area contributed by atoms with Gasteiger partial charge in [0.25, 0.3) is 0 Å². The highest BCUT2D eigenvalue weighted by atomic mass is 32.2. The Hall–Kier alpha value is -1.60. The Balaban J connectivity index is 2.63. The van der Waals surface area contributed by atoms with E-state index in [1.165, 1.54) is 0 Å². The third-order valence-corrected chi connectivity index (χ3v) is 4.29. The SMILES string of the molecule is COc1cccc(C(C)NS(=O)(=O)CCCC(=O)O)c1. The van der Waals surface area contributed by atoms with Crippen molar-refractivity contribution in [2.75, 3.05) is 12.9 Å². The average Bonchev–Trinajstić information content (AvgIpc) is 2.37. The molecule has 0 amide bonds. The number of hydrogen-bond acceptors (Lipinski definition) is 4. The Labute approximate surface area is 118 Å². The zero-order valence-corrected chi connectivity index (χ0v) is 12.3. The van der Waals surface area contributed by atoms with Crippen LogP contribution in [0.5, 0.6) is 5.75 Å². The van der Waals surface area contributed by atoms with Gasteiger partial charge in [-0.2, -0.15) is 0 Å². The van der Waals surface area contributed by atoms with Gasteiger partial charge in [-0.05, 0) is 31.0 Å². The first-order valence-electron chi connectivity index (χ1n) is 6.20. The summed E-state index contributed by atoms with van der Waals surface area (Å²) in [4.78, 5) is 10.4. The van der Waals surface area contributed by atoms with E-state index in [2.05, 4.69) is 4.72 Å². The lowest BCUT2D eigenvalue weighted by molar-refractivity contribution is -0.137. The van der Waals surface area contributed by atoms with Crippen LogP contribution < -0.4 is 9.46 Å². The van der Waals surface area contributed by atoms with Gasteiger partial charge in [0.15, 0.2) is 0 Å². The van der Waals surface area contributed by atoms with E-state index >= 15 is 0 Å². The standard InChI is InChI=1S/C13H19NO5S/c1-10(11-5-3-6-12(9-11)19-2)14-20(17,18)8-4-7-13(15)16/h3,5-6,9-10,14H,4,7-8H2,1-2H3,(H,15,16). The minimum atomic E-state index is -3.50. The topological polar surface area (TPSA) is 92.7 Å². The number of carboxylic acids is 1. The molecule has 1 atom stereocenters. The van der Waals surface area contributed by atoms with E-state index in [4.69, 9.17) is 9.84 Å². The number of aliphatic carboxylic acids is 1. The Morgan fingerprint density at radius 1 is 1.45 bits per heavy atom. The van der Waals surface area contributed by atoms with Crippen LogP contribution in [0.25, 0.3) is 0 Å². The van der Waals surface area contributed by atoms with Crippen LogP contribution in [0.2, 0.25) is 0 Å². The summed E-state index contributed by atoms with van der Waals surface area (Å²) in [5, 5.41) is 8.50. The Morgan fingerprint density at radius 3 is 2.75 bits per heavy atom. The highest BCUT2D eigenvalue weighted by molar-refractivity contribution is 7.89. The van der Waals surface area contributed by atoms with Crippen LogP contribution in [0.4, 0.5) is 0 Å². The Bertz CT molecular complexity index is 556. The quantitative estimate of drug-likeness (QED) is 0.760. The van der Waals surface area contributed by atoms with Crippen molar-refractivity contribution in [2.24, 2.45) is 0 Å². The predicted molar refractivity (Wildman–Crippen MR) is 75.2 cm³/mol. The lowest BCUT2D eigenvalue weighted by atomic mass is 10.1. The first-order valence-corrected chi connectivity index (χ1v) is 7.85. The van der Waals surface area contributed by atoms with Gasteiger partial charge in [0.1, 0.15) is 5.75 Å². The Morgan fingerprint density at radius 2 is 2.15 bits per heavy atom. The third kappa shape index (κ3) is 5.58. The first kappa shape index (κ1) is 16.5. The molecule has 7 heteroatoms. The number of carboxylic acid groups (broad SMARTS) is 1. The monoisotopic (exact) mass is 301 g/mol. The van der Waals surface area contributed by atoms with Crippen LogP contribution in [0, 0.1) is 0 Å². The molecule has 0 saturated heterocycles. The fourth-order valence-electron chi connectivity index (χ4n) is 1.72. The summed E-state index contributed by atoms with van der Waals surface area (Å²) in [6.45, 7) is 1.73. The number of nitrogens with one attached hydrogen (secondary N) is 1. The predicted octanol–water partition coefficient (Wildman–Crippen LogP) is 1.54. The number of sulfonamides is 1. The van der Waals surface area contributed by atoms with E-state index in [1.54, 1.807) is 38.3 Å². The van der Waals surface area contributed by atoms with Crippen LogP contribution in [0.15, 0.2) is 24.3 Å². The normalized spacial score (nSPS) is 12.9. The molecule has 0 aliphatic carbocycles. The highest BCUT2D eigenvalue weighted by Crippen LogP contribution is 2.19. The molecular weight excluding hydrogens is 282 g/mol. The van der Waals surface area contributed by atoms with Crippen LogP contribution in [0.1, 0.15) is 31.4 Å². The summed E-state index contributed by atoms with van der Waals surface area (Å²) >= 11 is 0. The van der Waals surface area contributed by atoms with Gasteiger partial charge in [-0.3, -0.25) is 4.79 Å². The molecule has 0 bridgehead atoms. The largest absolute Gasteiger partial charge is 0.497 e. The number of ether oxygens (including phenoxy) is 1. The van der Waals surface area contributed by atoms with Gasteiger partial charge >= 0.3 is 5.97 Å². The maximum atomic E-state index is 11.8. The van der Waals surface area contributed by atoms with E-state index in [1.807, 2.05) is 0 Å². The van der Waals surface area contributed by atoms with Crippen LogP contribution in [0.3, 0.4) is 0 Å². The van der Waals surface area contributed by atoms with Gasteiger partial charge in [0, 0.05) is 12.5 Å². The zero-order valence-electron chi connectivity index (χ0n) is 11.5. The van der Waals surface area contributed by atoms with E-state index in [9.17, 15) is 13.2 Å². The first-order chi connectivity index (χ1) is 9.34. The molecule has 1 unspecified atom stereocenters. The second kappa shape index (κ2) is 7.25. The molecule has 1 aromatic rings. The van der Waals surface area contributed by atoms with Crippen molar-refractivity contribution in [1.29, 1.82) is 0 Å². The minimum absolute atomic E-state index is 0.0928. The van der Waals surface area contributed by atoms with Gasteiger partial charge in [-0.15, -0.1) is 0 Å². The minimum Gasteiger partial charge on any atom is -0.497 e. The summed E-state index contributed by atoms with van der Waals surface area (Å²) in [5.74, 6) is -0.548. The van der Waals surface area contributed by atoms with Crippen LogP contribution in [-0.4, -0.2) is 32.4 Å². The van der Waals surface area contributed by atoms with Crippen LogP contribution in [-0.2, 0) is 14.8 Å². The maximum absolute atomic E-state index is 11.8. The van der Waals surface area contributed by atoms with Crippen molar-refractivity contribution < 1.29 is 23.1 Å². The summed E-state index contributed by atoms with van der Waals surface area (Å²) in [6, 6.07) is 6.71. The number of carbonyl (C=O) groups is 1. The Kier molecular flexibility index (Phi) is 5.97. The molecule has 2 N–H and O–H groups in total. The summed E-state index contributed by atoms with van der Waals surface area (Å²) < 4.78 is 31.2. The summed E-state index contributed by atoms with van der Waals surface area (Å²) in [5.41, 5.74) is 0.783. The van der Waals surface area contributed by atoms with Crippen molar-refractivity contribution >= 4 is 16.0 Å². The van der Waals surface area contributed by atoms with Gasteiger partial charge in [0.05, 0.1) is 12.9 Å². The number of hydrogen-bond donors (Lipinski definition) is 2. The fraction of sp³-hybridized carbons (Fsp3) is 0.462. The van der Waals surface area contributed by atoms with Crippen molar-refractivity contribution in [1.82, 2.24) is 4.72 Å². The highest BCUT2D eigenvalue weighted by Gasteiger charge is 2.16. The van der Waals surface area contributed by atoms with E-state index in [0.717, 1.165) is 5.56 Å². The van der Waals surface area contributed by atoms with Crippen molar-refractivity contribution in [3.63, 3.8) is 0 Å². The van der Waals surface area contributed by atoms with E-state index < -0.39 is 22.0 Å². The van der Waals surface area contributed by atoms with Crippen molar-refractivity contribution in [2.45, 2.75) is 25.8 Å². The van der Waals surface area contributed by atoms with Gasteiger partial charge in [0.2, 0.25) is 10.0 Å².